The lowest BCUT2D eigenvalue weighted by atomic mass is 9.82. The zero-order valence-corrected chi connectivity index (χ0v) is 11.6. The number of aromatic carboxylic acids is 1. The number of hydrogen-bond donors (Lipinski definition) is 2. The van der Waals surface area contributed by atoms with Gasteiger partial charge in [0.05, 0.1) is 12.4 Å². The molecule has 0 saturated carbocycles. The molecule has 2 atom stereocenters. The molecular weight excluding hydrogens is 256 g/mol. The minimum absolute atomic E-state index is 0.0178. The van der Waals surface area contributed by atoms with Crippen molar-refractivity contribution in [1.29, 1.82) is 0 Å². The maximum atomic E-state index is 10.7. The van der Waals surface area contributed by atoms with E-state index in [0.717, 1.165) is 12.8 Å². The summed E-state index contributed by atoms with van der Waals surface area (Å²) in [6.45, 7) is 0. The Morgan fingerprint density at radius 1 is 1.30 bits per heavy atom. The van der Waals surface area contributed by atoms with Crippen LogP contribution in [0.3, 0.4) is 0 Å². The van der Waals surface area contributed by atoms with Gasteiger partial charge in [0.1, 0.15) is 5.82 Å². The molecule has 0 aliphatic carbocycles. The Morgan fingerprint density at radius 3 is 2.55 bits per heavy atom. The molecule has 3 rings (SSSR count). The molecule has 0 aromatic carbocycles. The molecule has 2 saturated heterocycles. The van der Waals surface area contributed by atoms with Crippen molar-refractivity contribution < 1.29 is 9.90 Å². The molecule has 2 unspecified atom stereocenters. The van der Waals surface area contributed by atoms with E-state index in [-0.39, 0.29) is 5.69 Å². The van der Waals surface area contributed by atoms with E-state index >= 15 is 0 Å². The van der Waals surface area contributed by atoms with E-state index in [1.807, 2.05) is 0 Å². The molecule has 1 aromatic rings. The van der Waals surface area contributed by atoms with Gasteiger partial charge in [0.25, 0.3) is 0 Å². The Kier molecular flexibility index (Phi) is 3.56. The summed E-state index contributed by atoms with van der Waals surface area (Å²) in [7, 11) is 2.23. The second-order valence-corrected chi connectivity index (χ2v) is 5.81. The number of piperidine rings is 2. The summed E-state index contributed by atoms with van der Waals surface area (Å²) in [6, 6.07) is 1.73. The Hall–Kier alpha value is -1.69. The number of fused-ring (bicyclic) bond motifs is 2. The molecule has 2 aliphatic rings. The fourth-order valence-electron chi connectivity index (χ4n) is 3.46. The molecular formula is C14H20N4O2. The third-order valence-corrected chi connectivity index (χ3v) is 4.56. The normalized spacial score (nSPS) is 29.9. The van der Waals surface area contributed by atoms with Crippen LogP contribution < -0.4 is 5.32 Å². The predicted molar refractivity (Wildman–Crippen MR) is 74.8 cm³/mol. The standard InChI is InChI=1S/C14H20N4O2/c1-18-10-3-2-4-11(18)6-9(5-10)17-13-8-15-12(7-16-13)14(19)20/h7-11H,2-6H2,1H3,(H,16,17)(H,19,20). The van der Waals surface area contributed by atoms with Crippen LogP contribution in [0, 0.1) is 0 Å². The van der Waals surface area contributed by atoms with Gasteiger partial charge >= 0.3 is 5.97 Å². The van der Waals surface area contributed by atoms with Crippen LogP contribution in [-0.2, 0) is 0 Å². The SMILES string of the molecule is CN1C2CCCC1CC(Nc1cnc(C(=O)O)cn1)C2. The lowest BCUT2D eigenvalue weighted by molar-refractivity contribution is 0.0608. The molecule has 3 heterocycles. The van der Waals surface area contributed by atoms with E-state index < -0.39 is 5.97 Å². The van der Waals surface area contributed by atoms with Crippen LogP contribution in [-0.4, -0.2) is 51.1 Å². The highest BCUT2D eigenvalue weighted by Gasteiger charge is 2.35. The van der Waals surface area contributed by atoms with Gasteiger partial charge < -0.3 is 15.3 Å². The fraction of sp³-hybridized carbons (Fsp3) is 0.643. The average molecular weight is 276 g/mol. The molecule has 0 amide bonds. The van der Waals surface area contributed by atoms with E-state index in [1.165, 1.54) is 31.7 Å². The van der Waals surface area contributed by atoms with Gasteiger partial charge in [0.15, 0.2) is 5.69 Å². The van der Waals surface area contributed by atoms with Crippen molar-refractivity contribution in [2.75, 3.05) is 12.4 Å². The Morgan fingerprint density at radius 2 is 2.00 bits per heavy atom. The first-order valence-electron chi connectivity index (χ1n) is 7.17. The molecule has 6 nitrogen and oxygen atoms in total. The van der Waals surface area contributed by atoms with Gasteiger partial charge in [0, 0.05) is 18.1 Å². The largest absolute Gasteiger partial charge is 0.476 e. The predicted octanol–water partition coefficient (Wildman–Crippen LogP) is 1.60. The van der Waals surface area contributed by atoms with Gasteiger partial charge in [-0.25, -0.2) is 14.8 Å². The average Bonchev–Trinajstić information content (AvgIpc) is 2.40. The van der Waals surface area contributed by atoms with Crippen LogP contribution in [0.15, 0.2) is 12.4 Å². The zero-order valence-electron chi connectivity index (χ0n) is 11.6. The Bertz CT molecular complexity index is 476. The summed E-state index contributed by atoms with van der Waals surface area (Å²) >= 11 is 0. The molecule has 2 aliphatic heterocycles. The highest BCUT2D eigenvalue weighted by Crippen LogP contribution is 2.33. The molecule has 0 radical (unpaired) electrons. The van der Waals surface area contributed by atoms with Gasteiger partial charge in [-0.15, -0.1) is 0 Å². The quantitative estimate of drug-likeness (QED) is 0.873. The third kappa shape index (κ3) is 2.60. The number of carbonyl (C=O) groups is 1. The molecule has 0 spiro atoms. The highest BCUT2D eigenvalue weighted by atomic mass is 16.4. The van der Waals surface area contributed by atoms with Gasteiger partial charge in [-0.2, -0.15) is 0 Å². The minimum Gasteiger partial charge on any atom is -0.476 e. The highest BCUT2D eigenvalue weighted by molar-refractivity contribution is 5.84. The smallest absolute Gasteiger partial charge is 0.356 e. The van der Waals surface area contributed by atoms with Gasteiger partial charge in [0.2, 0.25) is 0 Å². The van der Waals surface area contributed by atoms with E-state index in [9.17, 15) is 4.79 Å². The summed E-state index contributed by atoms with van der Waals surface area (Å²) in [5.41, 5.74) is -0.0178. The molecule has 2 bridgehead atoms. The van der Waals surface area contributed by atoms with Crippen LogP contribution in [0.25, 0.3) is 0 Å². The van der Waals surface area contributed by atoms with Crippen LogP contribution in [0.5, 0.6) is 0 Å². The summed E-state index contributed by atoms with van der Waals surface area (Å²) in [6.07, 6.45) is 8.94. The number of carboxylic acid groups (broad SMARTS) is 1. The molecule has 108 valence electrons. The van der Waals surface area contributed by atoms with E-state index in [2.05, 4.69) is 27.2 Å². The molecule has 6 heteroatoms. The topological polar surface area (TPSA) is 78.4 Å². The number of aromatic nitrogens is 2. The summed E-state index contributed by atoms with van der Waals surface area (Å²) in [5.74, 6) is -0.375. The van der Waals surface area contributed by atoms with E-state index in [0.29, 0.717) is 23.9 Å². The number of hydrogen-bond acceptors (Lipinski definition) is 5. The second kappa shape index (κ2) is 5.36. The van der Waals surface area contributed by atoms with Gasteiger partial charge in [-0.3, -0.25) is 0 Å². The lowest BCUT2D eigenvalue weighted by Gasteiger charge is -2.47. The molecule has 2 fully saturated rings. The van der Waals surface area contributed by atoms with Crippen LogP contribution in [0.2, 0.25) is 0 Å². The summed E-state index contributed by atoms with van der Waals surface area (Å²) in [5, 5.41) is 12.2. The first-order chi connectivity index (χ1) is 9.63. The van der Waals surface area contributed by atoms with Crippen molar-refractivity contribution in [3.63, 3.8) is 0 Å². The van der Waals surface area contributed by atoms with Crippen molar-refractivity contribution in [2.45, 2.75) is 50.2 Å². The summed E-state index contributed by atoms with van der Waals surface area (Å²) < 4.78 is 0. The Labute approximate surface area is 118 Å². The maximum absolute atomic E-state index is 10.7. The van der Waals surface area contributed by atoms with Crippen molar-refractivity contribution >= 4 is 11.8 Å². The monoisotopic (exact) mass is 276 g/mol. The number of nitrogens with one attached hydrogen (secondary N) is 1. The van der Waals surface area contributed by atoms with E-state index in [1.54, 1.807) is 0 Å². The van der Waals surface area contributed by atoms with Crippen LogP contribution >= 0.6 is 0 Å². The zero-order chi connectivity index (χ0) is 14.1. The van der Waals surface area contributed by atoms with Crippen molar-refractivity contribution in [3.05, 3.63) is 18.1 Å². The van der Waals surface area contributed by atoms with Gasteiger partial charge in [-0.05, 0) is 32.7 Å². The fourth-order valence-corrected chi connectivity index (χ4v) is 3.46. The maximum Gasteiger partial charge on any atom is 0.356 e. The van der Waals surface area contributed by atoms with Crippen LogP contribution in [0.1, 0.15) is 42.6 Å². The van der Waals surface area contributed by atoms with Crippen molar-refractivity contribution in [2.24, 2.45) is 0 Å². The second-order valence-electron chi connectivity index (χ2n) is 5.81. The van der Waals surface area contributed by atoms with Crippen molar-refractivity contribution in [1.82, 2.24) is 14.9 Å². The summed E-state index contributed by atoms with van der Waals surface area (Å²) in [4.78, 5) is 21.3. The molecule has 20 heavy (non-hydrogen) atoms. The molecule has 1 aromatic heterocycles. The number of anilines is 1. The van der Waals surface area contributed by atoms with Crippen LogP contribution in [0.4, 0.5) is 5.82 Å². The minimum atomic E-state index is -1.04. The van der Waals surface area contributed by atoms with Crippen molar-refractivity contribution in [3.8, 4) is 0 Å². The number of carboxylic acids is 1. The molecule has 2 N–H and O–H groups in total. The Balaban J connectivity index is 1.65. The first kappa shape index (κ1) is 13.3. The third-order valence-electron chi connectivity index (χ3n) is 4.56. The van der Waals surface area contributed by atoms with Gasteiger partial charge in [-0.1, -0.05) is 6.42 Å². The lowest BCUT2D eigenvalue weighted by Crippen LogP contribution is -2.52. The number of rotatable bonds is 3. The van der Waals surface area contributed by atoms with E-state index in [4.69, 9.17) is 5.11 Å². The first-order valence-corrected chi connectivity index (χ1v) is 7.17. The number of nitrogens with zero attached hydrogens (tertiary/aromatic N) is 3.